The summed E-state index contributed by atoms with van der Waals surface area (Å²) in [5.41, 5.74) is 2.82. The number of hydrogen-bond acceptors (Lipinski definition) is 8. The molecule has 3 heterocycles. The van der Waals surface area contributed by atoms with E-state index in [1.807, 2.05) is 31.2 Å². The van der Waals surface area contributed by atoms with Crippen molar-refractivity contribution in [1.29, 1.82) is 0 Å². The number of benzene rings is 2. The van der Waals surface area contributed by atoms with Crippen LogP contribution < -0.4 is 14.9 Å². The summed E-state index contributed by atoms with van der Waals surface area (Å²) in [4.78, 5) is 42.3. The second-order valence-corrected chi connectivity index (χ2v) is 9.73. The highest BCUT2D eigenvalue weighted by molar-refractivity contribution is 7.07. The zero-order valence-electron chi connectivity index (χ0n) is 20.8. The molecule has 38 heavy (non-hydrogen) atoms. The molecule has 1 aliphatic heterocycles. The molecule has 192 valence electrons. The SMILES string of the molecule is CCOC(=O)C1=C(C)N=c2sc(=Cc3ccc(-c4cccc([N+](=O)[O-])c4)o3)c(=O)n2C1c1ccc(C)cc1. The molecule has 1 aliphatic rings. The molecule has 0 aliphatic carbocycles. The molecule has 0 bridgehead atoms. The second-order valence-electron chi connectivity index (χ2n) is 8.72. The van der Waals surface area contributed by atoms with Crippen LogP contribution in [0.25, 0.3) is 17.4 Å². The fourth-order valence-corrected chi connectivity index (χ4v) is 5.37. The summed E-state index contributed by atoms with van der Waals surface area (Å²) in [7, 11) is 0. The molecular weight excluding hydrogens is 506 g/mol. The zero-order chi connectivity index (χ0) is 27.0. The number of hydrogen-bond donors (Lipinski definition) is 0. The van der Waals surface area contributed by atoms with Gasteiger partial charge < -0.3 is 9.15 Å². The standard InChI is InChI=1S/C28H23N3O6S/c1-4-36-27(33)24-17(3)29-28-30(25(24)18-10-8-16(2)9-11-18)26(32)23(38-28)15-21-12-13-22(37-21)19-6-5-7-20(14-19)31(34)35/h5-15,25H,4H2,1-3H3. The molecule has 0 amide bonds. The fraction of sp³-hybridized carbons (Fsp3) is 0.179. The van der Waals surface area contributed by atoms with Crippen LogP contribution in [0, 0.1) is 17.0 Å². The molecule has 0 fully saturated rings. The molecule has 10 heteroatoms. The molecule has 1 unspecified atom stereocenters. The number of nitro groups is 1. The van der Waals surface area contributed by atoms with E-state index in [1.165, 1.54) is 28.0 Å². The van der Waals surface area contributed by atoms with Crippen molar-refractivity contribution in [3.05, 3.63) is 119 Å². The van der Waals surface area contributed by atoms with E-state index >= 15 is 0 Å². The van der Waals surface area contributed by atoms with Crippen molar-refractivity contribution in [2.45, 2.75) is 26.8 Å². The topological polar surface area (TPSA) is 117 Å². The first-order chi connectivity index (χ1) is 18.3. The Labute approximate surface area is 220 Å². The summed E-state index contributed by atoms with van der Waals surface area (Å²) >= 11 is 1.19. The smallest absolute Gasteiger partial charge is 0.338 e. The van der Waals surface area contributed by atoms with Gasteiger partial charge in [0, 0.05) is 23.8 Å². The lowest BCUT2D eigenvalue weighted by Gasteiger charge is -2.24. The number of nitrogens with zero attached hydrogens (tertiary/aromatic N) is 3. The number of aromatic nitrogens is 1. The van der Waals surface area contributed by atoms with Gasteiger partial charge in [0.25, 0.3) is 11.2 Å². The maximum Gasteiger partial charge on any atom is 0.338 e. The first-order valence-electron chi connectivity index (χ1n) is 11.9. The molecule has 1 atom stereocenters. The molecule has 4 aromatic rings. The number of carbonyl (C=O) groups excluding carboxylic acids is 1. The Morgan fingerprint density at radius 2 is 1.95 bits per heavy atom. The average molecular weight is 530 g/mol. The predicted octanol–water partition coefficient (Wildman–Crippen LogP) is 4.27. The number of aryl methyl sites for hydroxylation is 1. The lowest BCUT2D eigenvalue weighted by Crippen LogP contribution is -2.39. The molecule has 0 N–H and O–H groups in total. The number of furan rings is 1. The number of carbonyl (C=O) groups is 1. The second kappa shape index (κ2) is 10.1. The molecule has 0 radical (unpaired) electrons. The van der Waals surface area contributed by atoms with E-state index in [1.54, 1.807) is 44.2 Å². The van der Waals surface area contributed by atoms with E-state index in [-0.39, 0.29) is 17.9 Å². The minimum Gasteiger partial charge on any atom is -0.463 e. The first kappa shape index (κ1) is 25.1. The number of thiazole rings is 1. The van der Waals surface area contributed by atoms with Crippen LogP contribution >= 0.6 is 11.3 Å². The van der Waals surface area contributed by atoms with E-state index in [0.717, 1.165) is 11.1 Å². The van der Waals surface area contributed by atoms with Crippen LogP contribution in [0.2, 0.25) is 0 Å². The maximum atomic E-state index is 13.7. The summed E-state index contributed by atoms with van der Waals surface area (Å²) in [5.74, 6) is 0.330. The van der Waals surface area contributed by atoms with Gasteiger partial charge in [0.2, 0.25) is 0 Å². The van der Waals surface area contributed by atoms with Crippen LogP contribution in [0.4, 0.5) is 5.69 Å². The lowest BCUT2D eigenvalue weighted by molar-refractivity contribution is -0.384. The van der Waals surface area contributed by atoms with Gasteiger partial charge in [-0.1, -0.05) is 53.3 Å². The molecule has 5 rings (SSSR count). The van der Waals surface area contributed by atoms with Gasteiger partial charge in [-0.15, -0.1) is 0 Å². The Bertz CT molecular complexity index is 1780. The van der Waals surface area contributed by atoms with E-state index in [9.17, 15) is 19.7 Å². The minimum absolute atomic E-state index is 0.0439. The van der Waals surface area contributed by atoms with Gasteiger partial charge in [-0.05, 0) is 38.5 Å². The van der Waals surface area contributed by atoms with Crippen LogP contribution in [-0.2, 0) is 9.53 Å². The molecule has 2 aromatic carbocycles. The average Bonchev–Trinajstić information content (AvgIpc) is 3.48. The van der Waals surface area contributed by atoms with Crippen LogP contribution in [0.5, 0.6) is 0 Å². The van der Waals surface area contributed by atoms with Crippen molar-refractivity contribution in [2.75, 3.05) is 6.61 Å². The first-order valence-corrected chi connectivity index (χ1v) is 12.7. The highest BCUT2D eigenvalue weighted by Gasteiger charge is 2.33. The Balaban J connectivity index is 1.61. The number of non-ortho nitro benzene ring substituents is 1. The normalized spacial score (nSPS) is 15.2. The van der Waals surface area contributed by atoms with Gasteiger partial charge in [0.15, 0.2) is 4.80 Å². The number of ether oxygens (including phenoxy) is 1. The van der Waals surface area contributed by atoms with Crippen molar-refractivity contribution in [3.63, 3.8) is 0 Å². The number of esters is 1. The molecule has 2 aromatic heterocycles. The van der Waals surface area contributed by atoms with Crippen LogP contribution in [0.3, 0.4) is 0 Å². The van der Waals surface area contributed by atoms with Crippen LogP contribution in [-0.4, -0.2) is 22.1 Å². The number of allylic oxidation sites excluding steroid dienone is 1. The zero-order valence-corrected chi connectivity index (χ0v) is 21.7. The van der Waals surface area contributed by atoms with Gasteiger partial charge in [-0.25, -0.2) is 9.79 Å². The number of fused-ring (bicyclic) bond motifs is 1. The Morgan fingerprint density at radius 1 is 1.18 bits per heavy atom. The molecule has 0 saturated carbocycles. The minimum atomic E-state index is -0.690. The van der Waals surface area contributed by atoms with E-state index in [4.69, 9.17) is 9.15 Å². The third-order valence-corrected chi connectivity index (χ3v) is 7.13. The van der Waals surface area contributed by atoms with Gasteiger partial charge >= 0.3 is 5.97 Å². The van der Waals surface area contributed by atoms with Crippen molar-refractivity contribution in [3.8, 4) is 11.3 Å². The van der Waals surface area contributed by atoms with Crippen LogP contribution in [0.1, 0.15) is 36.8 Å². The molecular formula is C28H23N3O6S. The number of nitro benzene ring substituents is 1. The summed E-state index contributed by atoms with van der Waals surface area (Å²) in [5, 5.41) is 11.1. The largest absolute Gasteiger partial charge is 0.463 e. The van der Waals surface area contributed by atoms with Gasteiger partial charge in [-0.3, -0.25) is 19.5 Å². The Hall–Kier alpha value is -4.57. The summed E-state index contributed by atoms with van der Waals surface area (Å²) in [6.45, 7) is 5.64. The van der Waals surface area contributed by atoms with Crippen LogP contribution in [0.15, 0.2) is 86.1 Å². The number of rotatable bonds is 6. The van der Waals surface area contributed by atoms with Crippen molar-refractivity contribution < 1.29 is 18.9 Å². The quantitative estimate of drug-likeness (QED) is 0.209. The van der Waals surface area contributed by atoms with E-state index in [0.29, 0.717) is 37.7 Å². The molecule has 0 spiro atoms. The summed E-state index contributed by atoms with van der Waals surface area (Å²) in [6, 6.07) is 16.5. The summed E-state index contributed by atoms with van der Waals surface area (Å²) in [6.07, 6.45) is 1.61. The maximum absolute atomic E-state index is 13.7. The molecule has 0 saturated heterocycles. The van der Waals surface area contributed by atoms with E-state index < -0.39 is 16.9 Å². The van der Waals surface area contributed by atoms with E-state index in [2.05, 4.69) is 4.99 Å². The monoisotopic (exact) mass is 529 g/mol. The van der Waals surface area contributed by atoms with Gasteiger partial charge in [0.1, 0.15) is 11.5 Å². The van der Waals surface area contributed by atoms with Gasteiger partial charge in [-0.2, -0.15) is 0 Å². The van der Waals surface area contributed by atoms with Gasteiger partial charge in [0.05, 0.1) is 33.4 Å². The van der Waals surface area contributed by atoms with Crippen molar-refractivity contribution in [2.24, 2.45) is 4.99 Å². The Morgan fingerprint density at radius 3 is 2.66 bits per heavy atom. The highest BCUT2D eigenvalue weighted by atomic mass is 32.1. The highest BCUT2D eigenvalue weighted by Crippen LogP contribution is 2.31. The molecule has 9 nitrogen and oxygen atoms in total. The van der Waals surface area contributed by atoms with Crippen molar-refractivity contribution in [1.82, 2.24) is 4.57 Å². The third-order valence-electron chi connectivity index (χ3n) is 6.15. The fourth-order valence-electron chi connectivity index (χ4n) is 4.34. The lowest BCUT2D eigenvalue weighted by atomic mass is 9.95. The third kappa shape index (κ3) is 4.61. The summed E-state index contributed by atoms with van der Waals surface area (Å²) < 4.78 is 13.1. The van der Waals surface area contributed by atoms with Crippen molar-refractivity contribution >= 4 is 29.1 Å². The Kier molecular flexibility index (Phi) is 6.64. The predicted molar refractivity (Wildman–Crippen MR) is 142 cm³/mol.